The lowest BCUT2D eigenvalue weighted by atomic mass is 10.2. The highest BCUT2D eigenvalue weighted by atomic mass is 19.3. The maximum atomic E-state index is 13.0. The van der Waals surface area contributed by atoms with Crippen LogP contribution in [0.3, 0.4) is 0 Å². The van der Waals surface area contributed by atoms with E-state index in [0.29, 0.717) is 29.9 Å². The topological polar surface area (TPSA) is 92.3 Å². The van der Waals surface area contributed by atoms with Gasteiger partial charge in [0.1, 0.15) is 6.04 Å². The van der Waals surface area contributed by atoms with Gasteiger partial charge in [-0.05, 0) is 86.6 Å². The van der Waals surface area contributed by atoms with Gasteiger partial charge in [-0.2, -0.15) is 13.9 Å². The smallest absolute Gasteiger partial charge is 0.387 e. The molecule has 204 valence electrons. The lowest BCUT2D eigenvalue weighted by Crippen LogP contribution is -2.36. The van der Waals surface area contributed by atoms with Gasteiger partial charge in [-0.25, -0.2) is 0 Å². The fraction of sp³-hybridized carbons (Fsp3) is 0.464. The number of carbonyl (C=O) groups excluding carboxylic acids is 2. The van der Waals surface area contributed by atoms with E-state index in [1.807, 2.05) is 13.8 Å². The SMILES string of the molecule is CC(C)C(=O)Nc1ccc(NC(=O)[C@@H]2CCCN2/N=C/c2ccc(OC(F)F)c(OC3CCCC3)c2)cc1. The molecule has 2 aromatic carbocycles. The van der Waals surface area contributed by atoms with Gasteiger partial charge in [-0.3, -0.25) is 14.6 Å². The Morgan fingerprint density at radius 1 is 0.974 bits per heavy atom. The lowest BCUT2D eigenvalue weighted by molar-refractivity contribution is -0.120. The van der Waals surface area contributed by atoms with E-state index in [1.54, 1.807) is 47.6 Å². The molecule has 0 spiro atoms. The molecule has 1 saturated carbocycles. The van der Waals surface area contributed by atoms with Gasteiger partial charge >= 0.3 is 6.61 Å². The first-order valence-corrected chi connectivity index (χ1v) is 13.1. The van der Waals surface area contributed by atoms with Crippen molar-refractivity contribution in [3.8, 4) is 11.5 Å². The van der Waals surface area contributed by atoms with E-state index in [2.05, 4.69) is 20.5 Å². The summed E-state index contributed by atoms with van der Waals surface area (Å²) >= 11 is 0. The summed E-state index contributed by atoms with van der Waals surface area (Å²) in [6.45, 7) is 1.31. The Morgan fingerprint density at radius 3 is 2.32 bits per heavy atom. The molecule has 2 aliphatic rings. The highest BCUT2D eigenvalue weighted by Crippen LogP contribution is 2.33. The molecule has 1 aliphatic heterocycles. The van der Waals surface area contributed by atoms with E-state index >= 15 is 0 Å². The van der Waals surface area contributed by atoms with Crippen LogP contribution in [0.4, 0.5) is 20.2 Å². The molecule has 2 fully saturated rings. The van der Waals surface area contributed by atoms with E-state index in [4.69, 9.17) is 4.74 Å². The number of hydrogen-bond donors (Lipinski definition) is 2. The summed E-state index contributed by atoms with van der Waals surface area (Å²) in [7, 11) is 0. The molecule has 1 aliphatic carbocycles. The normalized spacial score (nSPS) is 17.9. The first-order valence-electron chi connectivity index (χ1n) is 13.1. The molecule has 0 aromatic heterocycles. The van der Waals surface area contributed by atoms with Gasteiger partial charge in [0.2, 0.25) is 11.8 Å². The molecule has 2 aromatic rings. The fourth-order valence-corrected chi connectivity index (χ4v) is 4.52. The summed E-state index contributed by atoms with van der Waals surface area (Å²) in [6, 6.07) is 11.3. The number of nitrogens with one attached hydrogen (secondary N) is 2. The van der Waals surface area contributed by atoms with Crippen LogP contribution in [-0.4, -0.2) is 48.3 Å². The standard InChI is InChI=1S/C28H34F2N4O4/c1-18(2)26(35)32-20-10-12-21(13-11-20)33-27(36)23-8-5-15-34(23)31-17-19-9-14-24(38-28(29)30)25(16-19)37-22-6-3-4-7-22/h9-14,16-18,22-23,28H,3-8,15H2,1-2H3,(H,32,35)(H,33,36)/b31-17+/t23-/m0/s1. The van der Waals surface area contributed by atoms with E-state index in [9.17, 15) is 18.4 Å². The molecule has 1 atom stereocenters. The van der Waals surface area contributed by atoms with Crippen LogP contribution in [0.2, 0.25) is 0 Å². The van der Waals surface area contributed by atoms with Crippen LogP contribution in [0.15, 0.2) is 47.6 Å². The number of rotatable bonds is 10. The van der Waals surface area contributed by atoms with Crippen LogP contribution in [0.25, 0.3) is 0 Å². The van der Waals surface area contributed by atoms with Gasteiger partial charge in [-0.1, -0.05) is 13.8 Å². The first-order chi connectivity index (χ1) is 18.3. The van der Waals surface area contributed by atoms with Crippen molar-refractivity contribution in [2.24, 2.45) is 11.0 Å². The van der Waals surface area contributed by atoms with Gasteiger partial charge in [0.05, 0.1) is 12.3 Å². The summed E-state index contributed by atoms with van der Waals surface area (Å²) in [5.41, 5.74) is 1.94. The van der Waals surface area contributed by atoms with E-state index in [1.165, 1.54) is 6.07 Å². The fourth-order valence-electron chi connectivity index (χ4n) is 4.52. The summed E-state index contributed by atoms with van der Waals surface area (Å²) in [6.07, 6.45) is 6.91. The van der Waals surface area contributed by atoms with Crippen LogP contribution < -0.4 is 20.1 Å². The summed E-state index contributed by atoms with van der Waals surface area (Å²) in [4.78, 5) is 24.8. The van der Waals surface area contributed by atoms with Crippen LogP contribution in [0.5, 0.6) is 11.5 Å². The number of nitrogens with zero attached hydrogens (tertiary/aromatic N) is 2. The average molecular weight is 529 g/mol. The number of amides is 2. The molecule has 2 amide bonds. The largest absolute Gasteiger partial charge is 0.487 e. The third kappa shape index (κ3) is 7.43. The quantitative estimate of drug-likeness (QED) is 0.390. The van der Waals surface area contributed by atoms with Crippen LogP contribution in [-0.2, 0) is 9.59 Å². The molecule has 1 heterocycles. The molecule has 0 bridgehead atoms. The van der Waals surface area contributed by atoms with Gasteiger partial charge < -0.3 is 20.1 Å². The number of hydrogen-bond acceptors (Lipinski definition) is 6. The van der Waals surface area contributed by atoms with Crippen molar-refractivity contribution in [1.82, 2.24) is 5.01 Å². The van der Waals surface area contributed by atoms with Crippen molar-refractivity contribution in [2.45, 2.75) is 71.1 Å². The van der Waals surface area contributed by atoms with E-state index in [-0.39, 0.29) is 35.3 Å². The third-order valence-electron chi connectivity index (χ3n) is 6.61. The molecular weight excluding hydrogens is 494 g/mol. The summed E-state index contributed by atoms with van der Waals surface area (Å²) in [5.74, 6) is -0.111. The van der Waals surface area contributed by atoms with Crippen molar-refractivity contribution in [3.05, 3.63) is 48.0 Å². The van der Waals surface area contributed by atoms with Crippen molar-refractivity contribution < 1.29 is 27.8 Å². The number of anilines is 2. The lowest BCUT2D eigenvalue weighted by Gasteiger charge is -2.21. The van der Waals surface area contributed by atoms with E-state index < -0.39 is 12.7 Å². The highest BCUT2D eigenvalue weighted by Gasteiger charge is 2.30. The number of halogens is 2. The second-order valence-corrected chi connectivity index (χ2v) is 9.89. The molecule has 38 heavy (non-hydrogen) atoms. The second kappa shape index (κ2) is 12.7. The van der Waals surface area contributed by atoms with Crippen LogP contribution in [0, 0.1) is 5.92 Å². The minimum absolute atomic E-state index is 0.00253. The zero-order valence-corrected chi connectivity index (χ0v) is 21.7. The minimum atomic E-state index is -2.95. The monoisotopic (exact) mass is 528 g/mol. The molecule has 0 radical (unpaired) electrons. The number of benzene rings is 2. The molecular formula is C28H34F2N4O4. The van der Waals surface area contributed by atoms with Crippen LogP contribution >= 0.6 is 0 Å². The number of ether oxygens (including phenoxy) is 2. The van der Waals surface area contributed by atoms with Gasteiger partial charge in [0.25, 0.3) is 0 Å². The predicted molar refractivity (Wildman–Crippen MR) is 142 cm³/mol. The van der Waals surface area contributed by atoms with E-state index in [0.717, 1.165) is 32.1 Å². The molecule has 2 N–H and O–H groups in total. The van der Waals surface area contributed by atoms with Gasteiger partial charge in [0.15, 0.2) is 11.5 Å². The summed E-state index contributed by atoms with van der Waals surface area (Å²) < 4.78 is 36.4. The third-order valence-corrected chi connectivity index (χ3v) is 6.61. The maximum absolute atomic E-state index is 13.0. The predicted octanol–water partition coefficient (Wildman–Crippen LogP) is 5.64. The molecule has 0 unspecified atom stereocenters. The molecule has 10 heteroatoms. The Labute approximate surface area is 221 Å². The Kier molecular flexibility index (Phi) is 9.15. The molecule has 8 nitrogen and oxygen atoms in total. The van der Waals surface area contributed by atoms with Crippen molar-refractivity contribution >= 4 is 29.4 Å². The summed E-state index contributed by atoms with van der Waals surface area (Å²) in [5, 5.41) is 12.0. The zero-order valence-electron chi connectivity index (χ0n) is 21.7. The van der Waals surface area contributed by atoms with Gasteiger partial charge in [-0.15, -0.1) is 0 Å². The van der Waals surface area contributed by atoms with Crippen molar-refractivity contribution in [3.63, 3.8) is 0 Å². The number of hydrazone groups is 1. The Hall–Kier alpha value is -3.69. The average Bonchev–Trinajstić information content (AvgIpc) is 3.57. The Bertz CT molecular complexity index is 1130. The Morgan fingerprint density at radius 2 is 1.66 bits per heavy atom. The Balaban J connectivity index is 1.39. The molecule has 1 saturated heterocycles. The number of alkyl halides is 2. The second-order valence-electron chi connectivity index (χ2n) is 9.89. The zero-order chi connectivity index (χ0) is 27.1. The van der Waals surface area contributed by atoms with Gasteiger partial charge in [0, 0.05) is 23.8 Å². The number of carbonyl (C=O) groups is 2. The highest BCUT2D eigenvalue weighted by molar-refractivity contribution is 5.96. The van der Waals surface area contributed by atoms with Crippen LogP contribution in [0.1, 0.15) is 57.9 Å². The maximum Gasteiger partial charge on any atom is 0.387 e. The minimum Gasteiger partial charge on any atom is -0.487 e. The van der Waals surface area contributed by atoms with Crippen molar-refractivity contribution in [1.29, 1.82) is 0 Å². The first kappa shape index (κ1) is 27.3. The molecule has 4 rings (SSSR count). The van der Waals surface area contributed by atoms with Crippen molar-refractivity contribution in [2.75, 3.05) is 17.2 Å².